The Hall–Kier alpha value is -1.68. The molecule has 0 aromatic carbocycles. The van der Waals surface area contributed by atoms with Gasteiger partial charge in [0.15, 0.2) is 0 Å². The zero-order chi connectivity index (χ0) is 25.2. The van der Waals surface area contributed by atoms with Gasteiger partial charge in [-0.25, -0.2) is 4.79 Å². The van der Waals surface area contributed by atoms with Gasteiger partial charge in [0.2, 0.25) is 5.91 Å². The summed E-state index contributed by atoms with van der Waals surface area (Å²) in [6.07, 6.45) is 7.04. The maximum atomic E-state index is 12.8. The summed E-state index contributed by atoms with van der Waals surface area (Å²) in [5, 5.41) is 8.95. The molecule has 2 aliphatic carbocycles. The van der Waals surface area contributed by atoms with Crippen molar-refractivity contribution in [2.24, 2.45) is 5.92 Å². The number of epoxide rings is 2. The largest absolute Gasteiger partial charge is 0.443 e. The summed E-state index contributed by atoms with van der Waals surface area (Å²) in [7, 11) is 3.45. The lowest BCUT2D eigenvalue weighted by molar-refractivity contribution is -0.121. The van der Waals surface area contributed by atoms with Crippen molar-refractivity contribution in [2.45, 2.75) is 107 Å². The molecule has 0 aromatic heterocycles. The number of methoxy groups -OCH3 is 1. The summed E-state index contributed by atoms with van der Waals surface area (Å²) in [6.45, 7) is 7.36. The summed E-state index contributed by atoms with van der Waals surface area (Å²) >= 11 is 0. The quantitative estimate of drug-likeness (QED) is 0.334. The second kappa shape index (κ2) is 10.7. The van der Waals surface area contributed by atoms with Crippen LogP contribution in [-0.2, 0) is 23.7 Å². The summed E-state index contributed by atoms with van der Waals surface area (Å²) in [4.78, 5) is 24.6. The number of rotatable bonds is 9. The van der Waals surface area contributed by atoms with Crippen LogP contribution in [-0.4, -0.2) is 80.9 Å². The molecule has 2 aliphatic heterocycles. The minimum absolute atomic E-state index is 0.00891. The number of likely N-dealkylation sites (N-methyl/N-ethyl adjacent to an activating group) is 1. The Morgan fingerprint density at radius 2 is 1.74 bits per heavy atom. The summed E-state index contributed by atoms with van der Waals surface area (Å²) < 4.78 is 24.1. The van der Waals surface area contributed by atoms with Crippen LogP contribution < -0.4 is 16.0 Å². The number of allylic oxidation sites excluding steroid dienone is 1. The van der Waals surface area contributed by atoms with Crippen molar-refractivity contribution < 1.29 is 28.5 Å². The number of hydrogen-bond donors (Lipinski definition) is 3. The van der Waals surface area contributed by atoms with Crippen molar-refractivity contribution in [1.29, 1.82) is 0 Å². The normalized spacial score (nSPS) is 40.0. The third-order valence-electron chi connectivity index (χ3n) is 8.25. The summed E-state index contributed by atoms with van der Waals surface area (Å²) in [6, 6.07) is 0.214. The van der Waals surface area contributed by atoms with Crippen LogP contribution in [0.1, 0.15) is 65.7 Å². The number of hydrogen-bond acceptors (Lipinski definition) is 7. The van der Waals surface area contributed by atoms with E-state index in [1.165, 1.54) is 5.57 Å². The van der Waals surface area contributed by atoms with Crippen LogP contribution in [0, 0.1) is 5.92 Å². The monoisotopic (exact) mass is 493 g/mol. The molecule has 9 nitrogen and oxygen atoms in total. The van der Waals surface area contributed by atoms with Crippen molar-refractivity contribution >= 4 is 12.0 Å². The third-order valence-corrected chi connectivity index (χ3v) is 8.25. The fourth-order valence-corrected chi connectivity index (χ4v) is 6.23. The molecule has 0 radical (unpaired) electrons. The van der Waals surface area contributed by atoms with E-state index in [0.29, 0.717) is 19.6 Å². The van der Waals surface area contributed by atoms with Gasteiger partial charge in [-0.15, -0.1) is 0 Å². The van der Waals surface area contributed by atoms with Crippen molar-refractivity contribution in [3.8, 4) is 0 Å². The zero-order valence-corrected chi connectivity index (χ0v) is 21.9. The minimum Gasteiger partial charge on any atom is -0.443 e. The number of amides is 2. The van der Waals surface area contributed by atoms with Gasteiger partial charge in [-0.05, 0) is 72.8 Å². The Labute approximate surface area is 209 Å². The van der Waals surface area contributed by atoms with E-state index in [-0.39, 0.29) is 53.4 Å². The predicted molar refractivity (Wildman–Crippen MR) is 131 cm³/mol. The van der Waals surface area contributed by atoms with Crippen LogP contribution in [0.2, 0.25) is 0 Å². The highest BCUT2D eigenvalue weighted by molar-refractivity contribution is 5.78. The fourth-order valence-electron chi connectivity index (χ4n) is 6.23. The van der Waals surface area contributed by atoms with Gasteiger partial charge in [-0.1, -0.05) is 11.6 Å². The van der Waals surface area contributed by atoms with E-state index in [1.807, 2.05) is 0 Å². The van der Waals surface area contributed by atoms with Crippen molar-refractivity contribution in [3.05, 3.63) is 11.6 Å². The SMILES string of the molecule is CNCC(=O)NC1CCC(NC(=O)OC2CCC3(CO3)C(C3(C)OC3CC=C(C)C)C2OC)CC1. The first-order chi connectivity index (χ1) is 16.7. The smallest absolute Gasteiger partial charge is 0.407 e. The molecular weight excluding hydrogens is 450 g/mol. The van der Waals surface area contributed by atoms with Crippen LogP contribution >= 0.6 is 0 Å². The number of nitrogens with one attached hydrogen (secondary N) is 3. The van der Waals surface area contributed by atoms with Gasteiger partial charge in [0.25, 0.3) is 0 Å². The molecule has 1 spiro atoms. The van der Waals surface area contributed by atoms with Gasteiger partial charge < -0.3 is 34.9 Å². The highest BCUT2D eigenvalue weighted by atomic mass is 16.6. The van der Waals surface area contributed by atoms with Gasteiger partial charge in [0.1, 0.15) is 23.4 Å². The van der Waals surface area contributed by atoms with E-state index in [1.54, 1.807) is 14.2 Å². The molecule has 2 saturated carbocycles. The van der Waals surface area contributed by atoms with Gasteiger partial charge in [-0.3, -0.25) is 4.79 Å². The average Bonchev–Trinajstić information content (AvgIpc) is 3.72. The van der Waals surface area contributed by atoms with Crippen molar-refractivity contribution in [3.63, 3.8) is 0 Å². The van der Waals surface area contributed by atoms with Crippen molar-refractivity contribution in [1.82, 2.24) is 16.0 Å². The van der Waals surface area contributed by atoms with E-state index in [9.17, 15) is 9.59 Å². The number of ether oxygens (including phenoxy) is 4. The molecule has 3 N–H and O–H groups in total. The molecule has 35 heavy (non-hydrogen) atoms. The second-order valence-corrected chi connectivity index (χ2v) is 11.1. The lowest BCUT2D eigenvalue weighted by atomic mass is 9.68. The predicted octanol–water partition coefficient (Wildman–Crippen LogP) is 2.44. The summed E-state index contributed by atoms with van der Waals surface area (Å²) in [5.74, 6) is 0.0217. The Kier molecular flexibility index (Phi) is 8.10. The highest BCUT2D eigenvalue weighted by Crippen LogP contribution is 2.59. The van der Waals surface area contributed by atoms with E-state index in [2.05, 4.69) is 42.8 Å². The molecule has 4 rings (SSSR count). The second-order valence-electron chi connectivity index (χ2n) is 11.1. The molecule has 4 fully saturated rings. The van der Waals surface area contributed by atoms with Crippen LogP contribution in [0.15, 0.2) is 11.6 Å². The van der Waals surface area contributed by atoms with Crippen molar-refractivity contribution in [2.75, 3.05) is 27.3 Å². The molecule has 0 bridgehead atoms. The average molecular weight is 494 g/mol. The first-order valence-corrected chi connectivity index (χ1v) is 13.1. The van der Waals surface area contributed by atoms with E-state index >= 15 is 0 Å². The van der Waals surface area contributed by atoms with Crippen LogP contribution in [0.4, 0.5) is 4.79 Å². The number of carbonyl (C=O) groups excluding carboxylic acids is 2. The maximum absolute atomic E-state index is 12.8. The zero-order valence-electron chi connectivity index (χ0n) is 21.9. The van der Waals surface area contributed by atoms with Gasteiger partial charge in [0, 0.05) is 19.2 Å². The summed E-state index contributed by atoms with van der Waals surface area (Å²) in [5.41, 5.74) is 0.693. The first-order valence-electron chi connectivity index (χ1n) is 13.1. The Morgan fingerprint density at radius 1 is 1.09 bits per heavy atom. The van der Waals surface area contributed by atoms with Crippen LogP contribution in [0.5, 0.6) is 0 Å². The van der Waals surface area contributed by atoms with Gasteiger partial charge >= 0.3 is 6.09 Å². The molecule has 2 saturated heterocycles. The molecule has 6 unspecified atom stereocenters. The number of carbonyl (C=O) groups is 2. The highest BCUT2D eigenvalue weighted by Gasteiger charge is 2.72. The van der Waals surface area contributed by atoms with Crippen LogP contribution in [0.3, 0.4) is 0 Å². The first kappa shape index (κ1) is 26.4. The molecule has 198 valence electrons. The lowest BCUT2D eigenvalue weighted by Crippen LogP contribution is -2.56. The fraction of sp³-hybridized carbons (Fsp3) is 0.846. The molecule has 0 aromatic rings. The topological polar surface area (TPSA) is 114 Å². The van der Waals surface area contributed by atoms with Gasteiger partial charge in [0.05, 0.1) is 25.2 Å². The van der Waals surface area contributed by atoms with E-state index < -0.39 is 6.09 Å². The molecule has 2 amide bonds. The molecule has 4 aliphatic rings. The lowest BCUT2D eigenvalue weighted by Gasteiger charge is -2.42. The molecule has 6 atom stereocenters. The van der Waals surface area contributed by atoms with E-state index in [0.717, 1.165) is 38.5 Å². The molecule has 9 heteroatoms. The van der Waals surface area contributed by atoms with Gasteiger partial charge in [-0.2, -0.15) is 0 Å². The third kappa shape index (κ3) is 6.01. The maximum Gasteiger partial charge on any atom is 0.407 e. The number of alkyl carbamates (subject to hydrolysis) is 1. The molecular formula is C26H43N3O6. The molecule has 2 heterocycles. The standard InChI is InChI=1S/C26H43N3O6/c1-16(2)6-11-20-25(3,35-20)23-22(32-5)19(12-13-26(23)15-33-26)34-24(31)29-18-9-7-17(8-10-18)28-21(30)14-27-4/h6,17-20,22-23,27H,7-15H2,1-5H3,(H,28,30)(H,29,31). The van der Waals surface area contributed by atoms with Crippen LogP contribution in [0.25, 0.3) is 0 Å². The Bertz CT molecular complexity index is 803. The minimum atomic E-state index is -0.394. The Morgan fingerprint density at radius 3 is 2.31 bits per heavy atom. The van der Waals surface area contributed by atoms with E-state index in [4.69, 9.17) is 18.9 Å². The Balaban J connectivity index is 1.30.